The van der Waals surface area contributed by atoms with Gasteiger partial charge in [0.1, 0.15) is 0 Å². The maximum Gasteiger partial charge on any atom is 0.411 e. The normalized spacial score (nSPS) is 25.3. The number of fused-ring (bicyclic) bond motifs is 2. The summed E-state index contributed by atoms with van der Waals surface area (Å²) in [6.45, 7) is 2.34. The third-order valence-electron chi connectivity index (χ3n) is 5.57. The van der Waals surface area contributed by atoms with E-state index >= 15 is 0 Å². The molecule has 25 heavy (non-hydrogen) atoms. The second-order valence-corrected chi connectivity index (χ2v) is 7.25. The van der Waals surface area contributed by atoms with E-state index < -0.39 is 6.09 Å². The van der Waals surface area contributed by atoms with Crippen molar-refractivity contribution in [2.75, 3.05) is 24.3 Å². The first-order valence-corrected chi connectivity index (χ1v) is 9.03. The number of hydrogen-bond donors (Lipinski definition) is 3. The highest BCUT2D eigenvalue weighted by Crippen LogP contribution is 2.49. The lowest BCUT2D eigenvalue weighted by Gasteiger charge is -2.28. The van der Waals surface area contributed by atoms with Gasteiger partial charge in [-0.3, -0.25) is 10.1 Å². The Bertz CT molecular complexity index is 634. The van der Waals surface area contributed by atoms with Crippen LogP contribution in [-0.4, -0.2) is 31.7 Å². The molecule has 2 fully saturated rings. The molecule has 0 unspecified atom stereocenters. The Hall–Kier alpha value is -2.24. The van der Waals surface area contributed by atoms with Gasteiger partial charge in [0.05, 0.1) is 13.7 Å². The first kappa shape index (κ1) is 17.6. The van der Waals surface area contributed by atoms with Crippen LogP contribution in [0.2, 0.25) is 0 Å². The van der Waals surface area contributed by atoms with Gasteiger partial charge >= 0.3 is 6.09 Å². The molecule has 4 atom stereocenters. The minimum absolute atomic E-state index is 0.00148. The molecule has 3 N–H and O–H groups in total. The SMILES string of the molecule is COC(=O)Nc1cccc(NCC(=O)N[C@H](C)[C@H]2C[C@H]3CC[C@H]2C3)c1. The lowest BCUT2D eigenvalue weighted by atomic mass is 9.84. The molecule has 2 bridgehead atoms. The van der Waals surface area contributed by atoms with E-state index in [1.54, 1.807) is 12.1 Å². The number of anilines is 2. The van der Waals surface area contributed by atoms with Crippen molar-refractivity contribution in [2.24, 2.45) is 17.8 Å². The highest BCUT2D eigenvalue weighted by atomic mass is 16.5. The van der Waals surface area contributed by atoms with Crippen LogP contribution in [0.3, 0.4) is 0 Å². The number of ether oxygens (including phenoxy) is 1. The van der Waals surface area contributed by atoms with Crippen LogP contribution in [0, 0.1) is 17.8 Å². The standard InChI is InChI=1S/C19H27N3O3/c1-12(17-9-13-6-7-14(17)8-13)21-18(23)11-20-15-4-3-5-16(10-15)22-19(24)25-2/h3-5,10,12-14,17,20H,6-9,11H2,1-2H3,(H,21,23)(H,22,24)/t12-,13+,14+,17-/m1/s1. The molecular weight excluding hydrogens is 318 g/mol. The van der Waals surface area contributed by atoms with Crippen molar-refractivity contribution >= 4 is 23.4 Å². The Kier molecular flexibility index (Phi) is 5.46. The van der Waals surface area contributed by atoms with Crippen molar-refractivity contribution in [1.29, 1.82) is 0 Å². The van der Waals surface area contributed by atoms with Gasteiger partial charge in [0, 0.05) is 17.4 Å². The topological polar surface area (TPSA) is 79.5 Å². The number of carbonyl (C=O) groups is 2. The van der Waals surface area contributed by atoms with E-state index in [1.807, 2.05) is 12.1 Å². The summed E-state index contributed by atoms with van der Waals surface area (Å²) in [6, 6.07) is 7.43. The average molecular weight is 345 g/mol. The Morgan fingerprint density at radius 1 is 1.24 bits per heavy atom. The Morgan fingerprint density at radius 3 is 2.72 bits per heavy atom. The van der Waals surface area contributed by atoms with Crippen molar-refractivity contribution in [2.45, 2.75) is 38.6 Å². The molecule has 6 nitrogen and oxygen atoms in total. The van der Waals surface area contributed by atoms with Crippen LogP contribution in [0.5, 0.6) is 0 Å². The van der Waals surface area contributed by atoms with Crippen LogP contribution in [0.4, 0.5) is 16.2 Å². The highest BCUT2D eigenvalue weighted by molar-refractivity contribution is 5.85. The zero-order chi connectivity index (χ0) is 17.8. The fourth-order valence-electron chi connectivity index (χ4n) is 4.38. The summed E-state index contributed by atoms with van der Waals surface area (Å²) in [6.07, 6.45) is 4.80. The molecule has 2 aliphatic carbocycles. The van der Waals surface area contributed by atoms with Crippen LogP contribution in [-0.2, 0) is 9.53 Å². The van der Waals surface area contributed by atoms with Gasteiger partial charge in [-0.1, -0.05) is 12.5 Å². The Morgan fingerprint density at radius 2 is 2.04 bits per heavy atom. The summed E-state index contributed by atoms with van der Waals surface area (Å²) >= 11 is 0. The van der Waals surface area contributed by atoms with Crippen LogP contribution < -0.4 is 16.0 Å². The number of rotatable bonds is 6. The number of nitrogens with one attached hydrogen (secondary N) is 3. The molecule has 3 rings (SSSR count). The number of amides is 2. The Balaban J connectivity index is 1.45. The van der Waals surface area contributed by atoms with Gasteiger partial charge in [-0.25, -0.2) is 4.79 Å². The minimum atomic E-state index is -0.519. The van der Waals surface area contributed by atoms with E-state index in [1.165, 1.54) is 32.8 Å². The predicted molar refractivity (Wildman–Crippen MR) is 97.5 cm³/mol. The smallest absolute Gasteiger partial charge is 0.411 e. The van der Waals surface area contributed by atoms with Crippen molar-refractivity contribution < 1.29 is 14.3 Å². The van der Waals surface area contributed by atoms with E-state index in [2.05, 4.69) is 27.6 Å². The molecule has 0 heterocycles. The summed E-state index contributed by atoms with van der Waals surface area (Å²) in [7, 11) is 1.32. The van der Waals surface area contributed by atoms with Gasteiger partial charge in [0.2, 0.25) is 5.91 Å². The van der Waals surface area contributed by atoms with E-state index in [-0.39, 0.29) is 18.5 Å². The molecule has 1 aromatic carbocycles. The number of benzene rings is 1. The molecule has 2 amide bonds. The van der Waals surface area contributed by atoms with E-state index in [0.29, 0.717) is 11.6 Å². The summed E-state index contributed by atoms with van der Waals surface area (Å²) in [5.74, 6) is 2.32. The summed E-state index contributed by atoms with van der Waals surface area (Å²) < 4.78 is 4.57. The fraction of sp³-hybridized carbons (Fsp3) is 0.579. The van der Waals surface area contributed by atoms with E-state index in [9.17, 15) is 9.59 Å². The third kappa shape index (κ3) is 4.44. The predicted octanol–water partition coefficient (Wildman–Crippen LogP) is 3.22. The lowest BCUT2D eigenvalue weighted by Crippen LogP contribution is -2.42. The van der Waals surface area contributed by atoms with Gasteiger partial charge in [0.15, 0.2) is 0 Å². The second kappa shape index (κ2) is 7.76. The molecule has 136 valence electrons. The number of methoxy groups -OCH3 is 1. The summed E-state index contributed by atoms with van der Waals surface area (Å²) in [4.78, 5) is 23.5. The van der Waals surface area contributed by atoms with Crippen molar-refractivity contribution in [1.82, 2.24) is 5.32 Å². The molecule has 0 radical (unpaired) electrons. The molecule has 1 aromatic rings. The maximum absolute atomic E-state index is 12.2. The minimum Gasteiger partial charge on any atom is -0.453 e. The van der Waals surface area contributed by atoms with Gasteiger partial charge in [-0.2, -0.15) is 0 Å². The first-order chi connectivity index (χ1) is 12.0. The third-order valence-corrected chi connectivity index (χ3v) is 5.57. The largest absolute Gasteiger partial charge is 0.453 e. The van der Waals surface area contributed by atoms with Crippen LogP contribution in [0.25, 0.3) is 0 Å². The lowest BCUT2D eigenvalue weighted by molar-refractivity contribution is -0.120. The van der Waals surface area contributed by atoms with Crippen LogP contribution in [0.1, 0.15) is 32.6 Å². The van der Waals surface area contributed by atoms with Crippen molar-refractivity contribution in [3.05, 3.63) is 24.3 Å². The molecule has 0 aromatic heterocycles. The molecule has 0 aliphatic heterocycles. The quantitative estimate of drug-likeness (QED) is 0.740. The van der Waals surface area contributed by atoms with Gasteiger partial charge in [-0.15, -0.1) is 0 Å². The Labute approximate surface area is 148 Å². The van der Waals surface area contributed by atoms with Crippen LogP contribution in [0.15, 0.2) is 24.3 Å². The molecule has 0 spiro atoms. The zero-order valence-corrected chi connectivity index (χ0v) is 14.9. The number of carbonyl (C=O) groups excluding carboxylic acids is 2. The first-order valence-electron chi connectivity index (χ1n) is 9.03. The molecular formula is C19H27N3O3. The van der Waals surface area contributed by atoms with Crippen molar-refractivity contribution in [3.8, 4) is 0 Å². The fourth-order valence-corrected chi connectivity index (χ4v) is 4.38. The maximum atomic E-state index is 12.2. The van der Waals surface area contributed by atoms with Crippen molar-refractivity contribution in [3.63, 3.8) is 0 Å². The van der Waals surface area contributed by atoms with Gasteiger partial charge < -0.3 is 15.4 Å². The molecule has 0 saturated heterocycles. The van der Waals surface area contributed by atoms with Gasteiger partial charge in [0.25, 0.3) is 0 Å². The van der Waals surface area contributed by atoms with Crippen LogP contribution >= 0.6 is 0 Å². The van der Waals surface area contributed by atoms with Gasteiger partial charge in [-0.05, 0) is 62.1 Å². The average Bonchev–Trinajstić information content (AvgIpc) is 3.23. The summed E-state index contributed by atoms with van der Waals surface area (Å²) in [5, 5.41) is 8.85. The second-order valence-electron chi connectivity index (χ2n) is 7.25. The number of hydrogen-bond acceptors (Lipinski definition) is 4. The molecule has 2 aliphatic rings. The van der Waals surface area contributed by atoms with E-state index in [4.69, 9.17) is 0 Å². The van der Waals surface area contributed by atoms with E-state index in [0.717, 1.165) is 17.5 Å². The molecule has 2 saturated carbocycles. The highest BCUT2D eigenvalue weighted by Gasteiger charge is 2.42. The monoisotopic (exact) mass is 345 g/mol. The summed E-state index contributed by atoms with van der Waals surface area (Å²) in [5.41, 5.74) is 1.39. The molecule has 6 heteroatoms. The zero-order valence-electron chi connectivity index (χ0n) is 14.9.